The van der Waals surface area contributed by atoms with E-state index in [0.717, 1.165) is 0 Å². The van der Waals surface area contributed by atoms with Crippen molar-refractivity contribution in [3.8, 4) is 11.5 Å². The van der Waals surface area contributed by atoms with Crippen LogP contribution in [0.15, 0.2) is 72.8 Å². The second-order valence-electron chi connectivity index (χ2n) is 5.47. The van der Waals surface area contributed by atoms with Crippen LogP contribution in [0.5, 0.6) is 11.5 Å². The van der Waals surface area contributed by atoms with Crippen molar-refractivity contribution in [2.45, 2.75) is 0 Å². The summed E-state index contributed by atoms with van der Waals surface area (Å²) in [7, 11) is 0. The molecule has 0 aromatic heterocycles. The lowest BCUT2D eigenvalue weighted by atomic mass is 10.0. The molecule has 0 atom stereocenters. The zero-order chi connectivity index (χ0) is 17.8. The number of ether oxygens (including phenoxy) is 1. The second-order valence-corrected chi connectivity index (χ2v) is 5.47. The van der Waals surface area contributed by atoms with Crippen molar-refractivity contribution >= 4 is 17.4 Å². The van der Waals surface area contributed by atoms with Gasteiger partial charge in [-0.15, -0.1) is 0 Å². The largest absolute Gasteiger partial charge is 0.457 e. The summed E-state index contributed by atoms with van der Waals surface area (Å²) < 4.78 is 5.70. The molecule has 0 aliphatic carbocycles. The molecule has 0 bridgehead atoms. The molecule has 0 radical (unpaired) electrons. The normalized spacial score (nSPS) is 10.2. The number of anilines is 1. The van der Waals surface area contributed by atoms with Gasteiger partial charge in [0.25, 0.3) is 0 Å². The van der Waals surface area contributed by atoms with E-state index >= 15 is 0 Å². The van der Waals surface area contributed by atoms with Gasteiger partial charge in [0.05, 0.1) is 0 Å². The standard InChI is InChI=1S/C20H16N2O3/c21-16-6-10-18(11-7-16)25-17-8-4-13(5-9-17)19(23)14-2-1-3-15(12-14)20(22)24/h1-12H,21H2,(H2,22,24). The van der Waals surface area contributed by atoms with Crippen LogP contribution in [0.4, 0.5) is 5.69 Å². The minimum absolute atomic E-state index is 0.192. The fourth-order valence-corrected chi connectivity index (χ4v) is 2.33. The van der Waals surface area contributed by atoms with E-state index in [1.807, 2.05) is 0 Å². The van der Waals surface area contributed by atoms with Crippen molar-refractivity contribution in [2.24, 2.45) is 5.73 Å². The van der Waals surface area contributed by atoms with Gasteiger partial charge in [-0.2, -0.15) is 0 Å². The number of rotatable bonds is 5. The molecule has 5 nitrogen and oxygen atoms in total. The summed E-state index contributed by atoms with van der Waals surface area (Å²) >= 11 is 0. The second kappa shape index (κ2) is 6.88. The Hall–Kier alpha value is -3.60. The van der Waals surface area contributed by atoms with E-state index in [0.29, 0.717) is 33.9 Å². The SMILES string of the molecule is NC(=O)c1cccc(C(=O)c2ccc(Oc3ccc(N)cc3)cc2)c1. The predicted molar refractivity (Wildman–Crippen MR) is 95.8 cm³/mol. The molecule has 3 aromatic rings. The van der Waals surface area contributed by atoms with Gasteiger partial charge in [0.2, 0.25) is 5.91 Å². The molecule has 124 valence electrons. The molecule has 0 aliphatic heterocycles. The van der Waals surface area contributed by atoms with Crippen LogP contribution in [0.25, 0.3) is 0 Å². The van der Waals surface area contributed by atoms with E-state index < -0.39 is 5.91 Å². The van der Waals surface area contributed by atoms with Crippen LogP contribution in [0, 0.1) is 0 Å². The third-order valence-electron chi connectivity index (χ3n) is 3.64. The monoisotopic (exact) mass is 332 g/mol. The molecule has 0 aliphatic rings. The fraction of sp³-hybridized carbons (Fsp3) is 0. The van der Waals surface area contributed by atoms with Gasteiger partial charge in [-0.3, -0.25) is 9.59 Å². The smallest absolute Gasteiger partial charge is 0.248 e. The van der Waals surface area contributed by atoms with Crippen LogP contribution >= 0.6 is 0 Å². The number of hydrogen-bond donors (Lipinski definition) is 2. The minimum Gasteiger partial charge on any atom is -0.457 e. The third kappa shape index (κ3) is 3.84. The molecule has 4 N–H and O–H groups in total. The molecule has 0 spiro atoms. The zero-order valence-corrected chi connectivity index (χ0v) is 13.3. The van der Waals surface area contributed by atoms with Crippen LogP contribution in [0.1, 0.15) is 26.3 Å². The van der Waals surface area contributed by atoms with Crippen molar-refractivity contribution < 1.29 is 14.3 Å². The average molecular weight is 332 g/mol. The maximum Gasteiger partial charge on any atom is 0.248 e. The first kappa shape index (κ1) is 16.3. The van der Waals surface area contributed by atoms with E-state index in [4.69, 9.17) is 16.2 Å². The molecule has 0 saturated heterocycles. The lowest BCUT2D eigenvalue weighted by Gasteiger charge is -2.07. The molecule has 0 saturated carbocycles. The molecular formula is C20H16N2O3. The predicted octanol–water partition coefficient (Wildman–Crippen LogP) is 3.39. The summed E-state index contributed by atoms with van der Waals surface area (Å²) in [5.41, 5.74) is 12.7. The first-order valence-corrected chi connectivity index (χ1v) is 7.61. The Morgan fingerprint density at radius 3 is 1.88 bits per heavy atom. The molecule has 0 heterocycles. The van der Waals surface area contributed by atoms with Crippen LogP contribution in [0.3, 0.4) is 0 Å². The Morgan fingerprint density at radius 1 is 0.720 bits per heavy atom. The number of amides is 1. The molecule has 3 rings (SSSR count). The Labute approximate surface area is 144 Å². The van der Waals surface area contributed by atoms with Crippen molar-refractivity contribution in [1.82, 2.24) is 0 Å². The van der Waals surface area contributed by atoms with Gasteiger partial charge in [-0.05, 0) is 60.7 Å². The molecule has 0 fully saturated rings. The highest BCUT2D eigenvalue weighted by atomic mass is 16.5. The number of nitrogen functional groups attached to an aromatic ring is 1. The Kier molecular flexibility index (Phi) is 4.48. The number of benzene rings is 3. The number of carbonyl (C=O) groups excluding carboxylic acids is 2. The maximum atomic E-state index is 12.5. The Bertz CT molecular complexity index is 916. The van der Waals surface area contributed by atoms with Crippen LogP contribution in [-0.2, 0) is 0 Å². The zero-order valence-electron chi connectivity index (χ0n) is 13.3. The number of ketones is 1. The number of hydrogen-bond acceptors (Lipinski definition) is 4. The van der Waals surface area contributed by atoms with Crippen LogP contribution < -0.4 is 16.2 Å². The first-order valence-electron chi connectivity index (χ1n) is 7.61. The lowest BCUT2D eigenvalue weighted by Crippen LogP contribution is -2.12. The molecule has 1 amide bonds. The highest BCUT2D eigenvalue weighted by molar-refractivity contribution is 6.10. The number of primary amides is 1. The topological polar surface area (TPSA) is 95.4 Å². The van der Waals surface area contributed by atoms with Gasteiger partial charge >= 0.3 is 0 Å². The van der Waals surface area contributed by atoms with E-state index in [1.54, 1.807) is 66.7 Å². The van der Waals surface area contributed by atoms with Gasteiger partial charge in [-0.25, -0.2) is 0 Å². The Morgan fingerprint density at radius 2 is 1.28 bits per heavy atom. The summed E-state index contributed by atoms with van der Waals surface area (Å²) in [6.45, 7) is 0. The Balaban J connectivity index is 1.77. The van der Waals surface area contributed by atoms with Gasteiger partial charge in [-0.1, -0.05) is 12.1 Å². The van der Waals surface area contributed by atoms with E-state index in [2.05, 4.69) is 0 Å². The number of nitrogens with two attached hydrogens (primary N) is 2. The maximum absolute atomic E-state index is 12.5. The van der Waals surface area contributed by atoms with E-state index in [1.165, 1.54) is 6.07 Å². The van der Waals surface area contributed by atoms with Crippen LogP contribution in [0.2, 0.25) is 0 Å². The average Bonchev–Trinajstić information content (AvgIpc) is 2.64. The van der Waals surface area contributed by atoms with E-state index in [9.17, 15) is 9.59 Å². The van der Waals surface area contributed by atoms with Gasteiger partial charge in [0.1, 0.15) is 11.5 Å². The summed E-state index contributed by atoms with van der Waals surface area (Å²) in [5, 5.41) is 0. The highest BCUT2D eigenvalue weighted by Gasteiger charge is 2.11. The first-order chi connectivity index (χ1) is 12.0. The summed E-state index contributed by atoms with van der Waals surface area (Å²) in [5.74, 6) is 0.499. The van der Waals surface area contributed by atoms with Gasteiger partial charge in [0.15, 0.2) is 5.78 Å². The molecule has 0 unspecified atom stereocenters. The number of carbonyl (C=O) groups is 2. The lowest BCUT2D eigenvalue weighted by molar-refractivity contribution is 0.1000. The molecule has 3 aromatic carbocycles. The molecule has 25 heavy (non-hydrogen) atoms. The van der Waals surface area contributed by atoms with Gasteiger partial charge in [0, 0.05) is 22.4 Å². The van der Waals surface area contributed by atoms with Crippen molar-refractivity contribution in [2.75, 3.05) is 5.73 Å². The van der Waals surface area contributed by atoms with Crippen molar-refractivity contribution in [1.29, 1.82) is 0 Å². The minimum atomic E-state index is -0.568. The fourth-order valence-electron chi connectivity index (χ4n) is 2.33. The van der Waals surface area contributed by atoms with Crippen molar-refractivity contribution in [3.05, 3.63) is 89.5 Å². The molecule has 5 heteroatoms. The van der Waals surface area contributed by atoms with Gasteiger partial charge < -0.3 is 16.2 Å². The highest BCUT2D eigenvalue weighted by Crippen LogP contribution is 2.23. The van der Waals surface area contributed by atoms with E-state index in [-0.39, 0.29) is 5.78 Å². The van der Waals surface area contributed by atoms with Crippen molar-refractivity contribution in [3.63, 3.8) is 0 Å². The summed E-state index contributed by atoms with van der Waals surface area (Å²) in [6.07, 6.45) is 0. The summed E-state index contributed by atoms with van der Waals surface area (Å²) in [6, 6.07) is 20.1. The summed E-state index contributed by atoms with van der Waals surface area (Å²) in [4.78, 5) is 23.8. The molecular weight excluding hydrogens is 316 g/mol. The third-order valence-corrected chi connectivity index (χ3v) is 3.64. The van der Waals surface area contributed by atoms with Crippen LogP contribution in [-0.4, -0.2) is 11.7 Å². The quantitative estimate of drug-likeness (QED) is 0.553.